The molecule has 0 bridgehead atoms. The van der Waals surface area contributed by atoms with Gasteiger partial charge in [0.1, 0.15) is 18.8 Å². The molecule has 1 aromatic carbocycles. The molecule has 4 rings (SSSR count). The third-order valence-corrected chi connectivity index (χ3v) is 5.76. The molecule has 0 aliphatic heterocycles. The number of hydrogen-bond acceptors (Lipinski definition) is 5. The smallest absolute Gasteiger partial charge is 0.287 e. The second kappa shape index (κ2) is 9.79. The Morgan fingerprint density at radius 1 is 1.25 bits per heavy atom. The van der Waals surface area contributed by atoms with Crippen LogP contribution in [0, 0.1) is 17.6 Å². The topological polar surface area (TPSA) is 74.1 Å². The van der Waals surface area contributed by atoms with Crippen molar-refractivity contribution >= 4 is 21.7 Å². The Labute approximate surface area is 191 Å². The molecule has 0 spiro atoms. The number of nitrogens with zero attached hydrogens (tertiary/aromatic N) is 3. The lowest BCUT2D eigenvalue weighted by atomic mass is 9.98. The number of ketones is 1. The molecule has 1 saturated carbocycles. The Hall–Kier alpha value is -2.78. The second-order valence-electron chi connectivity index (χ2n) is 7.76. The summed E-state index contributed by atoms with van der Waals surface area (Å²) < 4.78 is 36.8. The van der Waals surface area contributed by atoms with Gasteiger partial charge >= 0.3 is 0 Å². The molecule has 2 aromatic heterocycles. The average molecular weight is 504 g/mol. The number of carbonyl (C=O) groups is 1. The first-order chi connectivity index (χ1) is 15.4. The number of Topliss-reactive ketones (excluding diaryl/α,β-unsaturated/α-hetero) is 1. The fourth-order valence-electron chi connectivity index (χ4n) is 3.32. The maximum Gasteiger partial charge on any atom is 0.287 e. The van der Waals surface area contributed by atoms with Crippen molar-refractivity contribution in [3.05, 3.63) is 91.8 Å². The molecule has 1 fully saturated rings. The van der Waals surface area contributed by atoms with Crippen molar-refractivity contribution in [3.63, 3.8) is 0 Å². The third kappa shape index (κ3) is 5.34. The molecule has 3 aromatic rings. The van der Waals surface area contributed by atoms with Crippen LogP contribution in [-0.2, 0) is 17.7 Å². The average Bonchev–Trinajstić information content (AvgIpc) is 3.60. The summed E-state index contributed by atoms with van der Waals surface area (Å²) in [6.07, 6.45) is 6.04. The van der Waals surface area contributed by atoms with Crippen LogP contribution in [0.25, 0.3) is 0 Å². The van der Waals surface area contributed by atoms with E-state index in [4.69, 9.17) is 4.74 Å². The highest BCUT2D eigenvalue weighted by Gasteiger charge is 2.24. The minimum Gasteiger partial charge on any atom is -0.373 e. The Kier molecular flexibility index (Phi) is 6.86. The van der Waals surface area contributed by atoms with Gasteiger partial charge in [0.15, 0.2) is 11.6 Å². The molecule has 0 unspecified atom stereocenters. The summed E-state index contributed by atoms with van der Waals surface area (Å²) in [6, 6.07) is 5.95. The van der Waals surface area contributed by atoms with Gasteiger partial charge in [-0.3, -0.25) is 9.59 Å². The van der Waals surface area contributed by atoms with Crippen LogP contribution in [-0.4, -0.2) is 33.5 Å². The minimum absolute atomic E-state index is 0.00530. The van der Waals surface area contributed by atoms with E-state index in [9.17, 15) is 14.0 Å². The number of ether oxygens (including phenoxy) is 1. The molecule has 0 N–H and O–H groups in total. The van der Waals surface area contributed by atoms with Crippen LogP contribution < -0.4 is 5.56 Å². The largest absolute Gasteiger partial charge is 0.373 e. The Balaban J connectivity index is 1.70. The van der Waals surface area contributed by atoms with E-state index in [1.165, 1.54) is 30.9 Å². The van der Waals surface area contributed by atoms with Gasteiger partial charge in [0.05, 0.1) is 18.8 Å². The van der Waals surface area contributed by atoms with Crippen molar-refractivity contribution in [3.8, 4) is 0 Å². The Morgan fingerprint density at radius 2 is 2.06 bits per heavy atom. The third-order valence-electron chi connectivity index (χ3n) is 5.27. The van der Waals surface area contributed by atoms with Crippen LogP contribution in [0.5, 0.6) is 0 Å². The van der Waals surface area contributed by atoms with Gasteiger partial charge in [-0.1, -0.05) is 22.0 Å². The molecule has 0 atom stereocenters. The maximum atomic E-state index is 15.3. The van der Waals surface area contributed by atoms with E-state index >= 15 is 4.39 Å². The van der Waals surface area contributed by atoms with E-state index < -0.39 is 23.0 Å². The molecule has 2 heterocycles. The van der Waals surface area contributed by atoms with Gasteiger partial charge < -0.3 is 9.30 Å². The highest BCUT2D eigenvalue weighted by molar-refractivity contribution is 9.10. The molecule has 0 amide bonds. The van der Waals surface area contributed by atoms with Gasteiger partial charge in [-0.15, -0.1) is 0 Å². The predicted molar refractivity (Wildman–Crippen MR) is 117 cm³/mol. The summed E-state index contributed by atoms with van der Waals surface area (Å²) in [7, 11) is 0. The van der Waals surface area contributed by atoms with Crippen LogP contribution in [0.2, 0.25) is 0 Å². The van der Waals surface area contributed by atoms with Gasteiger partial charge in [0, 0.05) is 34.4 Å². The van der Waals surface area contributed by atoms with Crippen molar-refractivity contribution in [2.45, 2.75) is 25.8 Å². The lowest BCUT2D eigenvalue weighted by molar-refractivity contribution is 0.0737. The number of aromatic nitrogens is 3. The lowest BCUT2D eigenvalue weighted by Crippen LogP contribution is -2.29. The zero-order valence-corrected chi connectivity index (χ0v) is 18.6. The molecule has 0 radical (unpaired) electrons. The summed E-state index contributed by atoms with van der Waals surface area (Å²) in [4.78, 5) is 33.5. The van der Waals surface area contributed by atoms with Crippen LogP contribution in [0.3, 0.4) is 0 Å². The van der Waals surface area contributed by atoms with E-state index in [1.54, 1.807) is 12.1 Å². The van der Waals surface area contributed by atoms with Crippen LogP contribution in [0.4, 0.5) is 8.78 Å². The monoisotopic (exact) mass is 503 g/mol. The number of hydrogen-bond donors (Lipinski definition) is 0. The molecule has 166 valence electrons. The van der Waals surface area contributed by atoms with Crippen LogP contribution in [0.1, 0.15) is 40.0 Å². The summed E-state index contributed by atoms with van der Waals surface area (Å²) in [5.41, 5.74) is -0.402. The number of carbonyl (C=O) groups excluding carboxylic acids is 1. The van der Waals surface area contributed by atoms with Gasteiger partial charge in [-0.25, -0.2) is 18.7 Å². The Morgan fingerprint density at radius 3 is 2.75 bits per heavy atom. The summed E-state index contributed by atoms with van der Waals surface area (Å²) in [5, 5.41) is 0. The number of halogens is 3. The minimum atomic E-state index is -1.09. The van der Waals surface area contributed by atoms with E-state index in [0.29, 0.717) is 22.7 Å². The quantitative estimate of drug-likeness (QED) is 0.413. The molecule has 1 aliphatic rings. The van der Waals surface area contributed by atoms with Gasteiger partial charge in [0.2, 0.25) is 0 Å². The maximum absolute atomic E-state index is 15.3. The second-order valence-corrected chi connectivity index (χ2v) is 8.68. The summed E-state index contributed by atoms with van der Waals surface area (Å²) >= 11 is 3.18. The Bertz CT molecular complexity index is 1200. The van der Waals surface area contributed by atoms with Crippen LogP contribution in [0.15, 0.2) is 52.3 Å². The van der Waals surface area contributed by atoms with Crippen molar-refractivity contribution in [1.29, 1.82) is 0 Å². The summed E-state index contributed by atoms with van der Waals surface area (Å²) in [5.74, 6) is -1.65. The van der Waals surface area contributed by atoms with Crippen LogP contribution >= 0.6 is 15.9 Å². The zero-order chi connectivity index (χ0) is 22.7. The molecule has 0 saturated heterocycles. The molecule has 32 heavy (non-hydrogen) atoms. The molecule has 6 nitrogen and oxygen atoms in total. The molecule has 9 heteroatoms. The fraction of sp³-hybridized carbons (Fsp3) is 0.304. The normalized spacial score (nSPS) is 13.3. The van der Waals surface area contributed by atoms with E-state index in [-0.39, 0.29) is 36.3 Å². The highest BCUT2D eigenvalue weighted by atomic mass is 79.9. The first kappa shape index (κ1) is 22.4. The fourth-order valence-corrected chi connectivity index (χ4v) is 3.65. The van der Waals surface area contributed by atoms with E-state index in [1.807, 2.05) is 0 Å². The van der Waals surface area contributed by atoms with Crippen molar-refractivity contribution < 1.29 is 18.3 Å². The van der Waals surface area contributed by atoms with Crippen molar-refractivity contribution in [1.82, 2.24) is 14.5 Å². The number of benzene rings is 1. The van der Waals surface area contributed by atoms with Crippen molar-refractivity contribution in [2.24, 2.45) is 5.92 Å². The number of pyridine rings is 1. The van der Waals surface area contributed by atoms with E-state index in [0.717, 1.165) is 17.4 Å². The first-order valence-electron chi connectivity index (χ1n) is 10.1. The molecule has 1 aliphatic carbocycles. The SMILES string of the molecule is O=C(COCC1CC1)c1cn(Cc2ccncn2)c(=O)c(F)c1Cc1ccc(Br)cc1F. The predicted octanol–water partition coefficient (Wildman–Crippen LogP) is 3.93. The molecular formula is C23H20BrF2N3O3. The highest BCUT2D eigenvalue weighted by Crippen LogP contribution is 2.29. The van der Waals surface area contributed by atoms with Gasteiger partial charge in [-0.2, -0.15) is 0 Å². The van der Waals surface area contributed by atoms with Gasteiger partial charge in [-0.05, 0) is 42.5 Å². The lowest BCUT2D eigenvalue weighted by Gasteiger charge is -2.15. The first-order valence-corrected chi connectivity index (χ1v) is 10.9. The zero-order valence-electron chi connectivity index (χ0n) is 17.1. The standard InChI is InChI=1S/C23H20BrF2N3O3/c24-16-4-3-15(20(25)8-16)7-18-19(21(30)12-32-11-14-1-2-14)10-29(23(31)22(18)26)9-17-5-6-27-13-28-17/h3-6,8,10,13-14H,1-2,7,9,11-12H2. The van der Waals surface area contributed by atoms with Crippen molar-refractivity contribution in [2.75, 3.05) is 13.2 Å². The van der Waals surface area contributed by atoms with E-state index in [2.05, 4.69) is 25.9 Å². The summed E-state index contributed by atoms with van der Waals surface area (Å²) in [6.45, 7) is 0.192. The number of rotatable bonds is 9. The molecular weight excluding hydrogens is 484 g/mol. The van der Waals surface area contributed by atoms with Gasteiger partial charge in [0.25, 0.3) is 5.56 Å².